The van der Waals surface area contributed by atoms with Gasteiger partial charge in [0, 0.05) is 44.9 Å². The molecule has 10 nitrogen and oxygen atoms in total. The van der Waals surface area contributed by atoms with Gasteiger partial charge in [-0.3, -0.25) is 9.59 Å². The molecular weight excluding hydrogens is 450 g/mol. The van der Waals surface area contributed by atoms with E-state index in [0.29, 0.717) is 17.2 Å². The van der Waals surface area contributed by atoms with Gasteiger partial charge in [-0.2, -0.15) is 0 Å². The first-order valence-corrected chi connectivity index (χ1v) is 11.9. The quantitative estimate of drug-likeness (QED) is 0.519. The van der Waals surface area contributed by atoms with Crippen LogP contribution in [0.15, 0.2) is 47.4 Å². The topological polar surface area (TPSA) is 123 Å². The molecule has 2 N–H and O–H groups in total. The van der Waals surface area contributed by atoms with Gasteiger partial charge in [-0.25, -0.2) is 13.1 Å². The number of fused-ring (bicyclic) bond motifs is 1. The van der Waals surface area contributed by atoms with Gasteiger partial charge in [-0.15, -0.1) is 0 Å². The second-order valence-electron chi connectivity index (χ2n) is 7.70. The third-order valence-corrected chi connectivity index (χ3v) is 6.94. The van der Waals surface area contributed by atoms with E-state index in [0.717, 1.165) is 5.56 Å². The summed E-state index contributed by atoms with van der Waals surface area (Å²) in [6.07, 6.45) is 0.116. The molecule has 0 spiro atoms. The summed E-state index contributed by atoms with van der Waals surface area (Å²) in [6, 6.07) is 11.5. The van der Waals surface area contributed by atoms with Crippen LogP contribution in [0.5, 0.6) is 11.5 Å². The molecule has 2 aliphatic heterocycles. The summed E-state index contributed by atoms with van der Waals surface area (Å²) in [5.74, 6) is 0.360. The Bertz CT molecular complexity index is 1140. The molecule has 1 saturated heterocycles. The van der Waals surface area contributed by atoms with E-state index in [9.17, 15) is 18.0 Å². The zero-order chi connectivity index (χ0) is 23.4. The van der Waals surface area contributed by atoms with Crippen LogP contribution in [0.3, 0.4) is 0 Å². The fourth-order valence-corrected chi connectivity index (χ4v) is 4.68. The summed E-state index contributed by atoms with van der Waals surface area (Å²) < 4.78 is 42.4. The highest BCUT2D eigenvalue weighted by atomic mass is 32.2. The van der Waals surface area contributed by atoms with E-state index in [1.165, 1.54) is 19.2 Å². The number of methoxy groups -OCH3 is 1. The van der Waals surface area contributed by atoms with Gasteiger partial charge in [0.2, 0.25) is 28.6 Å². The Kier molecular flexibility index (Phi) is 6.82. The SMILES string of the molecule is COCCNS(=O)(=O)c1ccc(CNC(=O)C2CC(=O)N(c3ccc4c(c3)OCO4)C2)cc1. The number of anilines is 1. The minimum atomic E-state index is -3.61. The van der Waals surface area contributed by atoms with Gasteiger partial charge < -0.3 is 24.4 Å². The Balaban J connectivity index is 1.31. The van der Waals surface area contributed by atoms with Crippen LogP contribution in [-0.2, 0) is 30.9 Å². The van der Waals surface area contributed by atoms with Crippen molar-refractivity contribution < 1.29 is 32.2 Å². The minimum Gasteiger partial charge on any atom is -0.454 e. The van der Waals surface area contributed by atoms with Crippen molar-refractivity contribution in [2.45, 2.75) is 17.9 Å². The summed E-state index contributed by atoms with van der Waals surface area (Å²) in [5.41, 5.74) is 1.41. The Morgan fingerprint density at radius 3 is 2.67 bits per heavy atom. The van der Waals surface area contributed by atoms with Crippen LogP contribution in [-0.4, -0.2) is 53.8 Å². The van der Waals surface area contributed by atoms with Crippen molar-refractivity contribution in [2.24, 2.45) is 5.92 Å². The minimum absolute atomic E-state index is 0.116. The molecule has 33 heavy (non-hydrogen) atoms. The number of sulfonamides is 1. The van der Waals surface area contributed by atoms with Crippen LogP contribution in [0, 0.1) is 5.92 Å². The fraction of sp³-hybridized carbons (Fsp3) is 0.364. The number of rotatable bonds is 9. The molecule has 0 saturated carbocycles. The van der Waals surface area contributed by atoms with Gasteiger partial charge >= 0.3 is 0 Å². The van der Waals surface area contributed by atoms with E-state index in [2.05, 4.69) is 10.0 Å². The van der Waals surface area contributed by atoms with Crippen LogP contribution >= 0.6 is 0 Å². The second-order valence-corrected chi connectivity index (χ2v) is 9.46. The van der Waals surface area contributed by atoms with Gasteiger partial charge in [0.15, 0.2) is 11.5 Å². The van der Waals surface area contributed by atoms with Gasteiger partial charge in [0.05, 0.1) is 17.4 Å². The standard InChI is InChI=1S/C22H25N3O7S/c1-30-9-8-24-33(28,29)18-5-2-15(3-6-18)12-23-22(27)16-10-21(26)25(13-16)17-4-7-19-20(11-17)32-14-31-19/h2-7,11,16,24H,8-10,12-14H2,1H3,(H,23,27). The van der Waals surface area contributed by atoms with Crippen molar-refractivity contribution in [1.82, 2.24) is 10.0 Å². The monoisotopic (exact) mass is 475 g/mol. The number of nitrogens with zero attached hydrogens (tertiary/aromatic N) is 1. The molecule has 0 radical (unpaired) electrons. The van der Waals surface area contributed by atoms with Gasteiger partial charge in [-0.05, 0) is 29.8 Å². The van der Waals surface area contributed by atoms with E-state index in [-0.39, 0.29) is 56.2 Å². The zero-order valence-electron chi connectivity index (χ0n) is 18.1. The lowest BCUT2D eigenvalue weighted by Crippen LogP contribution is -2.32. The molecule has 176 valence electrons. The largest absolute Gasteiger partial charge is 0.454 e. The molecule has 1 fully saturated rings. The molecule has 11 heteroatoms. The number of hydrogen-bond acceptors (Lipinski definition) is 7. The molecule has 4 rings (SSSR count). The van der Waals surface area contributed by atoms with E-state index in [1.807, 2.05) is 0 Å². The van der Waals surface area contributed by atoms with E-state index in [1.54, 1.807) is 35.2 Å². The lowest BCUT2D eigenvalue weighted by Gasteiger charge is -2.17. The van der Waals surface area contributed by atoms with Crippen LogP contribution < -0.4 is 24.4 Å². The maximum atomic E-state index is 12.6. The van der Waals surface area contributed by atoms with Crippen molar-refractivity contribution >= 4 is 27.5 Å². The summed E-state index contributed by atoms with van der Waals surface area (Å²) in [5, 5.41) is 2.83. The summed E-state index contributed by atoms with van der Waals surface area (Å²) >= 11 is 0. The van der Waals surface area contributed by atoms with Crippen molar-refractivity contribution in [2.75, 3.05) is 38.5 Å². The molecule has 1 unspecified atom stereocenters. The lowest BCUT2D eigenvalue weighted by atomic mass is 10.1. The first kappa shape index (κ1) is 23.0. The lowest BCUT2D eigenvalue weighted by molar-refractivity contribution is -0.126. The van der Waals surface area contributed by atoms with Crippen molar-refractivity contribution in [1.29, 1.82) is 0 Å². The predicted molar refractivity (Wildman–Crippen MR) is 118 cm³/mol. The molecule has 1 atom stereocenters. The number of benzene rings is 2. The Morgan fingerprint density at radius 2 is 1.91 bits per heavy atom. The third kappa shape index (κ3) is 5.27. The molecule has 2 amide bonds. The van der Waals surface area contributed by atoms with Gasteiger partial charge in [-0.1, -0.05) is 12.1 Å². The molecule has 2 aliphatic rings. The van der Waals surface area contributed by atoms with Crippen LogP contribution in [0.2, 0.25) is 0 Å². The Labute approximate surface area is 191 Å². The van der Waals surface area contributed by atoms with Crippen molar-refractivity contribution in [3.8, 4) is 11.5 Å². The highest BCUT2D eigenvalue weighted by Gasteiger charge is 2.35. The molecule has 2 aromatic carbocycles. The van der Waals surface area contributed by atoms with Crippen LogP contribution in [0.4, 0.5) is 5.69 Å². The number of amides is 2. The van der Waals surface area contributed by atoms with E-state index in [4.69, 9.17) is 14.2 Å². The highest BCUT2D eigenvalue weighted by molar-refractivity contribution is 7.89. The average molecular weight is 476 g/mol. The normalized spacial score (nSPS) is 17.4. The average Bonchev–Trinajstić information content (AvgIpc) is 3.43. The first-order valence-electron chi connectivity index (χ1n) is 10.4. The molecular formula is C22H25N3O7S. The van der Waals surface area contributed by atoms with Crippen LogP contribution in [0.1, 0.15) is 12.0 Å². The Hall–Kier alpha value is -3.15. The second kappa shape index (κ2) is 9.77. The van der Waals surface area contributed by atoms with Crippen molar-refractivity contribution in [3.05, 3.63) is 48.0 Å². The molecule has 0 aromatic heterocycles. The van der Waals surface area contributed by atoms with E-state index < -0.39 is 15.9 Å². The number of ether oxygens (including phenoxy) is 3. The smallest absolute Gasteiger partial charge is 0.240 e. The molecule has 2 aromatic rings. The Morgan fingerprint density at radius 1 is 1.15 bits per heavy atom. The van der Waals surface area contributed by atoms with Crippen LogP contribution in [0.25, 0.3) is 0 Å². The van der Waals surface area contributed by atoms with E-state index >= 15 is 0 Å². The number of hydrogen-bond donors (Lipinski definition) is 2. The number of nitrogens with one attached hydrogen (secondary N) is 2. The summed E-state index contributed by atoms with van der Waals surface area (Å²) in [7, 11) is -2.12. The molecule has 0 bridgehead atoms. The zero-order valence-corrected chi connectivity index (χ0v) is 18.9. The third-order valence-electron chi connectivity index (χ3n) is 5.46. The molecule has 2 heterocycles. The number of carbonyl (C=O) groups excluding carboxylic acids is 2. The summed E-state index contributed by atoms with van der Waals surface area (Å²) in [4.78, 5) is 26.8. The van der Waals surface area contributed by atoms with Crippen molar-refractivity contribution in [3.63, 3.8) is 0 Å². The fourth-order valence-electron chi connectivity index (χ4n) is 3.67. The highest BCUT2D eigenvalue weighted by Crippen LogP contribution is 2.37. The number of carbonyl (C=O) groups is 2. The van der Waals surface area contributed by atoms with Gasteiger partial charge in [0.25, 0.3) is 0 Å². The predicted octanol–water partition coefficient (Wildman–Crippen LogP) is 1.01. The summed E-state index contributed by atoms with van der Waals surface area (Å²) in [6.45, 7) is 1.10. The first-order chi connectivity index (χ1) is 15.9. The molecule has 0 aliphatic carbocycles. The maximum Gasteiger partial charge on any atom is 0.240 e. The van der Waals surface area contributed by atoms with Gasteiger partial charge in [0.1, 0.15) is 0 Å². The maximum absolute atomic E-state index is 12.6.